The van der Waals surface area contributed by atoms with E-state index in [-0.39, 0.29) is 0 Å². The molecule has 1 saturated heterocycles. The highest BCUT2D eigenvalue weighted by Gasteiger charge is 2.33. The summed E-state index contributed by atoms with van der Waals surface area (Å²) in [4.78, 5) is 13.5. The van der Waals surface area contributed by atoms with E-state index in [9.17, 15) is 0 Å². The Bertz CT molecular complexity index is 409. The molecule has 2 aliphatic heterocycles. The van der Waals surface area contributed by atoms with Crippen molar-refractivity contribution in [3.05, 3.63) is 11.9 Å². The maximum atomic E-state index is 5.68. The smallest absolute Gasteiger partial charge is 0.257 e. The molecule has 0 aliphatic carbocycles. The van der Waals surface area contributed by atoms with Crippen molar-refractivity contribution in [2.45, 2.75) is 13.0 Å². The summed E-state index contributed by atoms with van der Waals surface area (Å²) in [7, 11) is 2.15. The molecule has 0 bridgehead atoms. The lowest BCUT2D eigenvalue weighted by atomic mass is 10.1. The first-order valence-electron chi connectivity index (χ1n) is 5.65. The van der Waals surface area contributed by atoms with Gasteiger partial charge in [-0.05, 0) is 14.0 Å². The van der Waals surface area contributed by atoms with Crippen molar-refractivity contribution < 1.29 is 4.74 Å². The molecule has 0 amide bonds. The van der Waals surface area contributed by atoms with Crippen LogP contribution in [0.5, 0.6) is 5.88 Å². The minimum atomic E-state index is 0.420. The second-order valence-electron chi connectivity index (χ2n) is 4.56. The van der Waals surface area contributed by atoms with Crippen molar-refractivity contribution >= 4 is 5.82 Å². The molecule has 0 spiro atoms. The third-order valence-electron chi connectivity index (χ3n) is 3.21. The highest BCUT2D eigenvalue weighted by molar-refractivity contribution is 5.51. The van der Waals surface area contributed by atoms with Gasteiger partial charge in [0.1, 0.15) is 6.61 Å². The number of fused-ring (bicyclic) bond motifs is 3. The van der Waals surface area contributed by atoms with Gasteiger partial charge in [-0.25, -0.2) is 9.97 Å². The fourth-order valence-corrected chi connectivity index (χ4v) is 2.35. The van der Waals surface area contributed by atoms with Gasteiger partial charge < -0.3 is 14.5 Å². The monoisotopic (exact) mass is 220 g/mol. The molecule has 3 rings (SSSR count). The Kier molecular flexibility index (Phi) is 2.21. The van der Waals surface area contributed by atoms with Crippen LogP contribution in [-0.2, 0) is 0 Å². The number of hydrogen-bond acceptors (Lipinski definition) is 5. The normalized spacial score (nSPS) is 24.6. The van der Waals surface area contributed by atoms with Gasteiger partial charge in [-0.2, -0.15) is 0 Å². The molecule has 1 fully saturated rings. The standard InChI is InChI=1S/C11H16N4O/c1-8-5-12-10-11(13-8)16-7-9-6-14(2)3-4-15(9)10/h5,9H,3-4,6-7H2,1-2H3. The summed E-state index contributed by atoms with van der Waals surface area (Å²) in [5.74, 6) is 1.61. The molecule has 86 valence electrons. The van der Waals surface area contributed by atoms with Gasteiger partial charge in [0.2, 0.25) is 0 Å². The first-order valence-corrected chi connectivity index (χ1v) is 5.65. The van der Waals surface area contributed by atoms with Crippen molar-refractivity contribution in [2.75, 3.05) is 38.2 Å². The molecule has 1 aromatic rings. The summed E-state index contributed by atoms with van der Waals surface area (Å²) in [5.41, 5.74) is 0.909. The maximum Gasteiger partial charge on any atom is 0.257 e. The van der Waals surface area contributed by atoms with Gasteiger partial charge in [0.05, 0.1) is 17.9 Å². The zero-order chi connectivity index (χ0) is 11.1. The Morgan fingerprint density at radius 2 is 2.31 bits per heavy atom. The Labute approximate surface area is 95.0 Å². The number of hydrogen-bond donors (Lipinski definition) is 0. The van der Waals surface area contributed by atoms with E-state index >= 15 is 0 Å². The van der Waals surface area contributed by atoms with Crippen LogP contribution in [0.3, 0.4) is 0 Å². The van der Waals surface area contributed by atoms with Gasteiger partial charge in [0.15, 0.2) is 5.82 Å². The third kappa shape index (κ3) is 1.51. The van der Waals surface area contributed by atoms with Gasteiger partial charge in [0, 0.05) is 19.6 Å². The molecule has 0 N–H and O–H groups in total. The van der Waals surface area contributed by atoms with Crippen LogP contribution in [0.15, 0.2) is 6.20 Å². The fraction of sp³-hybridized carbons (Fsp3) is 0.636. The average molecular weight is 220 g/mol. The Balaban J connectivity index is 1.94. The molecule has 1 unspecified atom stereocenters. The van der Waals surface area contributed by atoms with E-state index in [1.54, 1.807) is 0 Å². The molecule has 0 radical (unpaired) electrons. The molecule has 1 atom stereocenters. The lowest BCUT2D eigenvalue weighted by Gasteiger charge is -2.43. The minimum Gasteiger partial charge on any atom is -0.473 e. The van der Waals surface area contributed by atoms with Crippen LogP contribution in [0.1, 0.15) is 5.69 Å². The fourth-order valence-electron chi connectivity index (χ4n) is 2.35. The van der Waals surface area contributed by atoms with Gasteiger partial charge in [-0.3, -0.25) is 0 Å². The van der Waals surface area contributed by atoms with Crippen molar-refractivity contribution in [3.63, 3.8) is 0 Å². The molecule has 0 saturated carbocycles. The molecule has 5 nitrogen and oxygen atoms in total. The topological polar surface area (TPSA) is 41.5 Å². The average Bonchev–Trinajstić information content (AvgIpc) is 2.28. The highest BCUT2D eigenvalue weighted by atomic mass is 16.5. The Morgan fingerprint density at radius 1 is 1.44 bits per heavy atom. The van der Waals surface area contributed by atoms with Crippen LogP contribution < -0.4 is 9.64 Å². The number of anilines is 1. The SMILES string of the molecule is Cc1cnc2c(n1)OCC1CN(C)CCN21. The van der Waals surface area contributed by atoms with Crippen LogP contribution in [0.2, 0.25) is 0 Å². The zero-order valence-corrected chi connectivity index (χ0v) is 9.68. The number of piperazine rings is 1. The Hall–Kier alpha value is -1.36. The molecule has 3 heterocycles. The summed E-state index contributed by atoms with van der Waals surface area (Å²) in [6, 6.07) is 0.420. The Morgan fingerprint density at radius 3 is 3.19 bits per heavy atom. The predicted octanol–water partition coefficient (Wildman–Crippen LogP) is 0.298. The summed E-state index contributed by atoms with van der Waals surface area (Å²) >= 11 is 0. The lowest BCUT2D eigenvalue weighted by Crippen LogP contribution is -2.56. The van der Waals surface area contributed by atoms with E-state index in [4.69, 9.17) is 4.74 Å². The van der Waals surface area contributed by atoms with Crippen LogP contribution in [0.4, 0.5) is 5.82 Å². The minimum absolute atomic E-state index is 0.420. The van der Waals surface area contributed by atoms with Gasteiger partial charge in [0.25, 0.3) is 5.88 Å². The molecule has 16 heavy (non-hydrogen) atoms. The predicted molar refractivity (Wildman–Crippen MR) is 60.9 cm³/mol. The zero-order valence-electron chi connectivity index (χ0n) is 9.68. The van der Waals surface area contributed by atoms with Crippen LogP contribution in [0.25, 0.3) is 0 Å². The number of nitrogens with zero attached hydrogens (tertiary/aromatic N) is 4. The summed E-state index contributed by atoms with van der Waals surface area (Å²) in [6.45, 7) is 5.78. The number of likely N-dealkylation sites (N-methyl/N-ethyl adjacent to an activating group) is 1. The summed E-state index contributed by atoms with van der Waals surface area (Å²) < 4.78 is 5.68. The molecular weight excluding hydrogens is 204 g/mol. The van der Waals surface area contributed by atoms with Crippen molar-refractivity contribution in [1.82, 2.24) is 14.9 Å². The summed E-state index contributed by atoms with van der Waals surface area (Å²) in [5, 5.41) is 0. The molecule has 1 aromatic heterocycles. The van der Waals surface area contributed by atoms with E-state index in [2.05, 4.69) is 26.8 Å². The highest BCUT2D eigenvalue weighted by Crippen LogP contribution is 2.31. The first kappa shape index (κ1) is 9.84. The van der Waals surface area contributed by atoms with Crippen LogP contribution in [-0.4, -0.2) is 54.2 Å². The molecule has 0 aromatic carbocycles. The van der Waals surface area contributed by atoms with E-state index < -0.39 is 0 Å². The quantitative estimate of drug-likeness (QED) is 0.629. The van der Waals surface area contributed by atoms with E-state index in [1.807, 2.05) is 13.1 Å². The number of aryl methyl sites for hydroxylation is 1. The van der Waals surface area contributed by atoms with E-state index in [0.717, 1.165) is 37.8 Å². The second kappa shape index (κ2) is 3.59. The van der Waals surface area contributed by atoms with Crippen LogP contribution >= 0.6 is 0 Å². The van der Waals surface area contributed by atoms with E-state index in [0.29, 0.717) is 11.9 Å². The first-order chi connectivity index (χ1) is 7.74. The third-order valence-corrected chi connectivity index (χ3v) is 3.21. The van der Waals surface area contributed by atoms with Gasteiger partial charge in [-0.15, -0.1) is 0 Å². The number of aromatic nitrogens is 2. The largest absolute Gasteiger partial charge is 0.473 e. The number of ether oxygens (including phenoxy) is 1. The lowest BCUT2D eigenvalue weighted by molar-refractivity contribution is 0.181. The van der Waals surface area contributed by atoms with Gasteiger partial charge in [-0.1, -0.05) is 0 Å². The molecular formula is C11H16N4O. The van der Waals surface area contributed by atoms with Gasteiger partial charge >= 0.3 is 0 Å². The second-order valence-corrected chi connectivity index (χ2v) is 4.56. The van der Waals surface area contributed by atoms with Crippen molar-refractivity contribution in [2.24, 2.45) is 0 Å². The molecule has 5 heteroatoms. The van der Waals surface area contributed by atoms with E-state index in [1.165, 1.54) is 0 Å². The maximum absolute atomic E-state index is 5.68. The molecule has 2 aliphatic rings. The summed E-state index contributed by atoms with van der Waals surface area (Å²) in [6.07, 6.45) is 1.81. The number of rotatable bonds is 0. The van der Waals surface area contributed by atoms with Crippen LogP contribution in [0, 0.1) is 6.92 Å². The van der Waals surface area contributed by atoms with Crippen molar-refractivity contribution in [1.29, 1.82) is 0 Å². The van der Waals surface area contributed by atoms with Crippen molar-refractivity contribution in [3.8, 4) is 5.88 Å².